The van der Waals surface area contributed by atoms with Crippen LogP contribution in [0.25, 0.3) is 21.9 Å². The molecule has 0 unspecified atom stereocenters. The number of hydrogen-bond donors (Lipinski definition) is 4. The number of aromatic hydroxyl groups is 1. The van der Waals surface area contributed by atoms with Gasteiger partial charge in [-0.2, -0.15) is 0 Å². The molecular weight excluding hydrogens is 577 g/mol. The standard InChI is InChI=1S/C29H32N5O8P/c1-2-3-4-24-32-27-28(34(24)17-19-16-20(6-8-23(19)35)42-43(38,39)40)21-7-5-18(15-22(21)31-29(27)30)11-13-41-14-12-33-25(36)9-10-26(33)37/h5-10,15-16,35H,2-4,11-14,17H2,1H3,(H2,30,31)(H2,38,39,40). The molecular formula is C29H32N5O8P. The summed E-state index contributed by atoms with van der Waals surface area (Å²) in [5.41, 5.74) is 9.62. The Labute approximate surface area is 246 Å². The summed E-state index contributed by atoms with van der Waals surface area (Å²) in [4.78, 5) is 52.4. The van der Waals surface area contributed by atoms with Crippen LogP contribution >= 0.6 is 7.82 Å². The Morgan fingerprint density at radius 3 is 2.49 bits per heavy atom. The van der Waals surface area contributed by atoms with Crippen molar-refractivity contribution >= 4 is 47.4 Å². The molecule has 2 aromatic carbocycles. The van der Waals surface area contributed by atoms with Crippen LogP contribution in [-0.4, -0.2) is 65.9 Å². The lowest BCUT2D eigenvalue weighted by molar-refractivity contribution is -0.137. The molecule has 1 aliphatic heterocycles. The molecule has 0 saturated carbocycles. The van der Waals surface area contributed by atoms with Gasteiger partial charge in [0.2, 0.25) is 0 Å². The lowest BCUT2D eigenvalue weighted by Crippen LogP contribution is -2.33. The second-order valence-corrected chi connectivity index (χ2v) is 11.3. The molecule has 0 saturated heterocycles. The number of pyridine rings is 1. The van der Waals surface area contributed by atoms with Crippen LogP contribution in [0.1, 0.15) is 36.7 Å². The van der Waals surface area contributed by atoms with Crippen molar-refractivity contribution in [2.24, 2.45) is 0 Å². The first-order valence-corrected chi connectivity index (χ1v) is 15.3. The van der Waals surface area contributed by atoms with E-state index >= 15 is 0 Å². The van der Waals surface area contributed by atoms with Gasteiger partial charge in [-0.3, -0.25) is 24.3 Å². The minimum absolute atomic E-state index is 0.0651. The summed E-state index contributed by atoms with van der Waals surface area (Å²) in [7, 11) is -4.79. The van der Waals surface area contributed by atoms with Gasteiger partial charge in [0.1, 0.15) is 22.8 Å². The first-order chi connectivity index (χ1) is 20.5. The van der Waals surface area contributed by atoms with Gasteiger partial charge >= 0.3 is 7.82 Å². The summed E-state index contributed by atoms with van der Waals surface area (Å²) < 4.78 is 23.7. The zero-order chi connectivity index (χ0) is 30.7. The van der Waals surface area contributed by atoms with E-state index in [1.54, 1.807) is 0 Å². The van der Waals surface area contributed by atoms with Crippen LogP contribution < -0.4 is 10.3 Å². The zero-order valence-corrected chi connectivity index (χ0v) is 24.4. The van der Waals surface area contributed by atoms with Crippen molar-refractivity contribution in [1.29, 1.82) is 0 Å². The molecule has 0 bridgehead atoms. The number of carbonyl (C=O) groups is 2. The highest BCUT2D eigenvalue weighted by Crippen LogP contribution is 2.39. The highest BCUT2D eigenvalue weighted by atomic mass is 31.2. The summed E-state index contributed by atoms with van der Waals surface area (Å²) in [5, 5.41) is 11.4. The fraction of sp³-hybridized carbons (Fsp3) is 0.310. The Morgan fingerprint density at radius 2 is 1.77 bits per heavy atom. The molecule has 0 radical (unpaired) electrons. The number of aromatic nitrogens is 3. The third kappa shape index (κ3) is 6.86. The minimum Gasteiger partial charge on any atom is -0.508 e. The molecule has 0 fully saturated rings. The van der Waals surface area contributed by atoms with Crippen molar-refractivity contribution in [2.45, 2.75) is 39.2 Å². The molecule has 2 amide bonds. The summed E-state index contributed by atoms with van der Waals surface area (Å²) in [6, 6.07) is 9.80. The van der Waals surface area contributed by atoms with Crippen LogP contribution in [0.4, 0.5) is 5.82 Å². The van der Waals surface area contributed by atoms with Crippen molar-refractivity contribution in [3.8, 4) is 11.5 Å². The molecule has 0 spiro atoms. The number of hydrogen-bond acceptors (Lipinski definition) is 9. The lowest BCUT2D eigenvalue weighted by atomic mass is 10.1. The third-order valence-corrected chi connectivity index (χ3v) is 7.55. The zero-order valence-electron chi connectivity index (χ0n) is 23.5. The van der Waals surface area contributed by atoms with Gasteiger partial charge in [0, 0.05) is 29.5 Å². The van der Waals surface area contributed by atoms with Gasteiger partial charge in [-0.15, -0.1) is 0 Å². The molecule has 3 heterocycles. The normalized spacial score (nSPS) is 13.6. The maximum absolute atomic E-state index is 11.7. The number of unbranched alkanes of at least 4 members (excludes halogenated alkanes) is 1. The van der Waals surface area contributed by atoms with E-state index in [1.165, 1.54) is 30.4 Å². The van der Waals surface area contributed by atoms with Gasteiger partial charge in [0.25, 0.3) is 11.8 Å². The number of imide groups is 1. The van der Waals surface area contributed by atoms with E-state index in [0.717, 1.165) is 40.0 Å². The monoisotopic (exact) mass is 609 g/mol. The van der Waals surface area contributed by atoms with Gasteiger partial charge in [-0.1, -0.05) is 25.5 Å². The van der Waals surface area contributed by atoms with E-state index in [0.29, 0.717) is 36.0 Å². The summed E-state index contributed by atoms with van der Waals surface area (Å²) in [5.74, 6) is 0.170. The number of nitrogen functional groups attached to an aromatic ring is 1. The molecule has 0 aliphatic carbocycles. The smallest absolute Gasteiger partial charge is 0.508 e. The molecule has 43 heavy (non-hydrogen) atoms. The molecule has 5 rings (SSSR count). The molecule has 226 valence electrons. The largest absolute Gasteiger partial charge is 0.524 e. The highest BCUT2D eigenvalue weighted by Gasteiger charge is 2.23. The first-order valence-electron chi connectivity index (χ1n) is 13.8. The van der Waals surface area contributed by atoms with Crippen molar-refractivity contribution in [3.05, 3.63) is 65.5 Å². The fourth-order valence-electron chi connectivity index (χ4n) is 5.01. The Bertz CT molecular complexity index is 1760. The van der Waals surface area contributed by atoms with Gasteiger partial charge in [0.05, 0.1) is 37.3 Å². The van der Waals surface area contributed by atoms with Crippen molar-refractivity contribution < 1.29 is 38.3 Å². The topological polar surface area (TPSA) is 190 Å². The average molecular weight is 610 g/mol. The predicted octanol–water partition coefficient (Wildman–Crippen LogP) is 3.22. The van der Waals surface area contributed by atoms with Crippen LogP contribution in [0.5, 0.6) is 11.5 Å². The maximum Gasteiger partial charge on any atom is 0.524 e. The van der Waals surface area contributed by atoms with E-state index in [1.807, 2.05) is 22.8 Å². The Balaban J connectivity index is 1.42. The Morgan fingerprint density at radius 1 is 1.00 bits per heavy atom. The van der Waals surface area contributed by atoms with E-state index in [9.17, 15) is 29.0 Å². The molecule has 1 aliphatic rings. The van der Waals surface area contributed by atoms with E-state index < -0.39 is 7.82 Å². The van der Waals surface area contributed by atoms with Crippen LogP contribution in [0.2, 0.25) is 0 Å². The number of phosphoric acid groups is 1. The number of fused-ring (bicyclic) bond motifs is 3. The number of anilines is 1. The summed E-state index contributed by atoms with van der Waals surface area (Å²) in [6.45, 7) is 3.00. The number of ether oxygens (including phenoxy) is 1. The quantitative estimate of drug-likeness (QED) is 0.0989. The van der Waals surface area contributed by atoms with Crippen molar-refractivity contribution in [1.82, 2.24) is 19.4 Å². The van der Waals surface area contributed by atoms with Gasteiger partial charge in [0.15, 0.2) is 5.82 Å². The first kappa shape index (κ1) is 30.2. The molecule has 0 atom stereocenters. The van der Waals surface area contributed by atoms with Gasteiger partial charge in [-0.05, 0) is 42.7 Å². The number of amides is 2. The molecule has 4 aromatic rings. The fourth-order valence-corrected chi connectivity index (χ4v) is 5.40. The molecule has 13 nitrogen and oxygen atoms in total. The second-order valence-electron chi connectivity index (χ2n) is 10.2. The van der Waals surface area contributed by atoms with Crippen molar-refractivity contribution in [2.75, 3.05) is 25.5 Å². The van der Waals surface area contributed by atoms with Gasteiger partial charge < -0.3 is 24.7 Å². The molecule has 5 N–H and O–H groups in total. The van der Waals surface area contributed by atoms with Crippen LogP contribution in [0, 0.1) is 0 Å². The second kappa shape index (κ2) is 12.5. The Hall–Kier alpha value is -4.29. The number of phenols is 1. The number of phenolic OH excluding ortho intramolecular Hbond substituents is 1. The van der Waals surface area contributed by atoms with E-state index in [-0.39, 0.29) is 48.8 Å². The number of rotatable bonds is 13. The number of benzene rings is 2. The number of aryl methyl sites for hydroxylation is 1. The Kier molecular flexibility index (Phi) is 8.79. The summed E-state index contributed by atoms with van der Waals surface area (Å²) in [6.07, 6.45) is 5.49. The molecule has 2 aromatic heterocycles. The number of imidazole rings is 1. The highest BCUT2D eigenvalue weighted by molar-refractivity contribution is 7.46. The van der Waals surface area contributed by atoms with E-state index in [4.69, 9.17) is 20.0 Å². The minimum atomic E-state index is -4.79. The van der Waals surface area contributed by atoms with Gasteiger partial charge in [-0.25, -0.2) is 14.5 Å². The van der Waals surface area contributed by atoms with Crippen molar-refractivity contribution in [3.63, 3.8) is 0 Å². The number of nitrogens with zero attached hydrogens (tertiary/aromatic N) is 4. The predicted molar refractivity (Wildman–Crippen MR) is 158 cm³/mol. The number of nitrogens with two attached hydrogens (primary N) is 1. The SMILES string of the molecule is CCCCc1nc2c(N)nc3cc(CCOCCN4C(=O)C=CC4=O)ccc3c2n1Cc1cc(OP(=O)(O)O)ccc1O. The lowest BCUT2D eigenvalue weighted by Gasteiger charge is -2.14. The number of carbonyl (C=O) groups excluding carboxylic acids is 2. The van der Waals surface area contributed by atoms with Crippen LogP contribution in [-0.2, 0) is 38.3 Å². The van der Waals surface area contributed by atoms with E-state index in [2.05, 4.69) is 11.9 Å². The molecule has 14 heteroatoms. The van der Waals surface area contributed by atoms with Crippen LogP contribution in [0.3, 0.4) is 0 Å². The van der Waals surface area contributed by atoms with Crippen LogP contribution in [0.15, 0.2) is 48.6 Å². The third-order valence-electron chi connectivity index (χ3n) is 7.10. The maximum atomic E-state index is 11.7. The average Bonchev–Trinajstić information content (AvgIpc) is 3.47. The summed E-state index contributed by atoms with van der Waals surface area (Å²) >= 11 is 0. The number of phosphoric ester groups is 1.